The van der Waals surface area contributed by atoms with E-state index in [0.717, 1.165) is 7.11 Å². The van der Waals surface area contributed by atoms with E-state index >= 15 is 0 Å². The molecule has 0 aromatic rings. The first-order chi connectivity index (χ1) is 2.41. The zero-order valence-electron chi connectivity index (χ0n) is 5.43. The number of nitrogens with zero attached hydrogens (tertiary/aromatic N) is 1. The Morgan fingerprint density at radius 3 is 1.33 bits per heavy atom. The van der Waals surface area contributed by atoms with Crippen LogP contribution < -0.4 is 54.4 Å². The number of rotatable bonds is 0. The molecule has 1 N–H and O–H groups in total. The van der Waals surface area contributed by atoms with E-state index in [9.17, 15) is 0 Å². The summed E-state index contributed by atoms with van der Waals surface area (Å²) in [4.78, 5) is 0. The van der Waals surface area contributed by atoms with E-state index < -0.39 is 0 Å². The minimum atomic E-state index is 0. The number of aliphatic hydroxyl groups is 1. The molecule has 3 radical (unpaired) electrons. The molecule has 0 atom stereocenters. The summed E-state index contributed by atoms with van der Waals surface area (Å²) < 4.78 is 0. The van der Waals surface area contributed by atoms with Crippen LogP contribution in [0.25, 0.3) is 0 Å². The second-order valence-electron chi connectivity index (χ2n) is 0.129. The van der Waals surface area contributed by atoms with Gasteiger partial charge in [0.1, 0.15) is 0 Å². The number of nitriles is 1. The van der Waals surface area contributed by atoms with E-state index in [0.29, 0.717) is 0 Å². The van der Waals surface area contributed by atoms with Crippen molar-refractivity contribution in [2.24, 2.45) is 0 Å². The summed E-state index contributed by atoms with van der Waals surface area (Å²) in [5.74, 6) is 1.25. The van der Waals surface area contributed by atoms with E-state index in [1.54, 1.807) is 0 Å². The molecule has 0 aliphatic heterocycles. The standard InChI is InChI=1S/CBN.CH4O.2ClH.Na.Zn/c2-1-3;1-2;;;;/h;2H,1H3;2*1H;;/q-1;;;;+1;+2/p-2. The molecule has 0 spiro atoms. The average molecular weight is 228 g/mol. The van der Waals surface area contributed by atoms with Crippen molar-refractivity contribution < 1.29 is 79.0 Å². The van der Waals surface area contributed by atoms with Gasteiger partial charge in [-0.2, -0.15) is 0 Å². The molecule has 43 valence electrons. The van der Waals surface area contributed by atoms with E-state index in [1.807, 2.05) is 0 Å². The summed E-state index contributed by atoms with van der Waals surface area (Å²) in [6.45, 7) is 0. The molecule has 9 heavy (non-hydrogen) atoms. The van der Waals surface area contributed by atoms with Gasteiger partial charge in [0.25, 0.3) is 0 Å². The van der Waals surface area contributed by atoms with Gasteiger partial charge >= 0.3 is 49.0 Å². The second kappa shape index (κ2) is 100.0. The maximum absolute atomic E-state index is 7.10. The van der Waals surface area contributed by atoms with E-state index in [4.69, 9.17) is 10.4 Å². The van der Waals surface area contributed by atoms with Gasteiger partial charge < -0.3 is 37.8 Å². The predicted molar refractivity (Wildman–Crippen MR) is 19.5 cm³/mol. The number of hydrogen-bond acceptors (Lipinski definition) is 2. The van der Waals surface area contributed by atoms with Crippen LogP contribution in [0.1, 0.15) is 0 Å². The van der Waals surface area contributed by atoms with Crippen LogP contribution in [-0.2, 0) is 19.5 Å². The molecular weight excluding hydrogens is 224 g/mol. The Labute approximate surface area is 104 Å². The Hall–Kier alpha value is 1.72. The van der Waals surface area contributed by atoms with Crippen molar-refractivity contribution in [2.45, 2.75) is 0 Å². The van der Waals surface area contributed by atoms with Crippen molar-refractivity contribution >= 4 is 7.85 Å². The van der Waals surface area contributed by atoms with Crippen molar-refractivity contribution in [1.29, 1.82) is 5.26 Å². The normalized spacial score (nSPS) is 1.56. The fraction of sp³-hybridized carbons (Fsp3) is 0.500. The molecule has 0 fully saturated rings. The van der Waals surface area contributed by atoms with Gasteiger partial charge in [-0.05, 0) is 0 Å². The summed E-state index contributed by atoms with van der Waals surface area (Å²) in [7, 11) is 5.15. The molecular formula is C2H4BCl2NNaOZn. The maximum atomic E-state index is 7.10. The maximum Gasteiger partial charge on any atom is 2.00 e. The molecule has 7 heteroatoms. The van der Waals surface area contributed by atoms with Gasteiger partial charge in [-0.15, -0.1) is 0 Å². The zero-order chi connectivity index (χ0) is 4.71. The van der Waals surface area contributed by atoms with Gasteiger partial charge in [0.15, 0.2) is 0 Å². The molecule has 0 saturated heterocycles. The van der Waals surface area contributed by atoms with Gasteiger partial charge in [0.05, 0.1) is 0 Å². The van der Waals surface area contributed by atoms with Gasteiger partial charge in [-0.25, -0.2) is 0 Å². The average Bonchev–Trinajstić information content (AvgIpc) is 1.46. The fourth-order valence-corrected chi connectivity index (χ4v) is 0. The molecule has 0 bridgehead atoms. The van der Waals surface area contributed by atoms with Crippen LogP contribution in [0.5, 0.6) is 0 Å². The fourth-order valence-electron chi connectivity index (χ4n) is 0. The molecule has 0 amide bonds. The minimum Gasteiger partial charge on any atom is -1.00 e. The Morgan fingerprint density at radius 1 is 1.33 bits per heavy atom. The molecule has 2 nitrogen and oxygen atoms in total. The van der Waals surface area contributed by atoms with Crippen LogP contribution in [0.3, 0.4) is 0 Å². The molecule has 0 unspecified atom stereocenters. The number of halogens is 2. The van der Waals surface area contributed by atoms with E-state index in [2.05, 4.69) is 7.85 Å². The topological polar surface area (TPSA) is 44.0 Å². The van der Waals surface area contributed by atoms with Crippen LogP contribution in [0.4, 0.5) is 0 Å². The van der Waals surface area contributed by atoms with Gasteiger partial charge in [0, 0.05) is 7.11 Å². The third kappa shape index (κ3) is 196. The Bertz CT molecular complexity index is 46.0. The smallest absolute Gasteiger partial charge is 1.00 e. The Kier molecular flexibility index (Phi) is 505. The quantitative estimate of drug-likeness (QED) is 0.418. The van der Waals surface area contributed by atoms with Crippen molar-refractivity contribution in [3.05, 3.63) is 0 Å². The number of hydrogen-bond donors (Lipinski definition) is 1. The molecule has 0 aromatic heterocycles. The van der Waals surface area contributed by atoms with Crippen molar-refractivity contribution in [2.75, 3.05) is 7.11 Å². The van der Waals surface area contributed by atoms with Crippen molar-refractivity contribution in [3.63, 3.8) is 0 Å². The monoisotopic (exact) mass is 226 g/mol. The van der Waals surface area contributed by atoms with Crippen molar-refractivity contribution in [3.8, 4) is 5.97 Å². The van der Waals surface area contributed by atoms with Crippen LogP contribution >= 0.6 is 0 Å². The summed E-state index contributed by atoms with van der Waals surface area (Å²) in [6, 6.07) is 0. The molecule has 0 aliphatic carbocycles. The van der Waals surface area contributed by atoms with Crippen molar-refractivity contribution in [1.82, 2.24) is 0 Å². The minimum absolute atomic E-state index is 0. The molecule has 0 heterocycles. The molecule has 0 aliphatic rings. The first-order valence-corrected chi connectivity index (χ1v) is 0.959. The summed E-state index contributed by atoms with van der Waals surface area (Å²) >= 11 is 0. The molecule has 0 aromatic carbocycles. The van der Waals surface area contributed by atoms with Crippen LogP contribution in [-0.4, -0.2) is 20.1 Å². The van der Waals surface area contributed by atoms with Gasteiger partial charge in [-0.1, -0.05) is 0 Å². The predicted octanol–water partition coefficient (Wildman–Crippen LogP) is -9.75. The third-order valence-corrected chi connectivity index (χ3v) is 0. The molecule has 0 saturated carbocycles. The van der Waals surface area contributed by atoms with Gasteiger partial charge in [-0.3, -0.25) is 11.2 Å². The van der Waals surface area contributed by atoms with Gasteiger partial charge in [0.2, 0.25) is 0 Å². The first-order valence-electron chi connectivity index (χ1n) is 0.959. The zero-order valence-corrected chi connectivity index (χ0v) is 11.9. The summed E-state index contributed by atoms with van der Waals surface area (Å²) in [5, 5.41) is 14.1. The molecule has 0 rings (SSSR count). The Balaban J connectivity index is -0.00000000357. The van der Waals surface area contributed by atoms with E-state index in [-0.39, 0.29) is 73.8 Å². The first kappa shape index (κ1) is 45.5. The summed E-state index contributed by atoms with van der Waals surface area (Å²) in [5.41, 5.74) is 0. The van der Waals surface area contributed by atoms with Crippen LogP contribution in [0, 0.1) is 11.2 Å². The second-order valence-corrected chi connectivity index (χ2v) is 0.129. The largest absolute Gasteiger partial charge is 2.00 e. The van der Waals surface area contributed by atoms with Crippen LogP contribution in [0.15, 0.2) is 0 Å². The van der Waals surface area contributed by atoms with E-state index in [1.165, 1.54) is 5.97 Å². The SMILES string of the molecule is CO.[B-]C#N.[Cl-].[Cl-].[Na+].[Zn+2]. The summed E-state index contributed by atoms with van der Waals surface area (Å²) in [6.07, 6.45) is 0. The number of aliphatic hydroxyl groups excluding tert-OH is 1. The Morgan fingerprint density at radius 2 is 1.33 bits per heavy atom. The third-order valence-electron chi connectivity index (χ3n) is 0. The van der Waals surface area contributed by atoms with Crippen LogP contribution in [0.2, 0.25) is 0 Å².